The average Bonchev–Trinajstić information content (AvgIpc) is 3.10. The summed E-state index contributed by atoms with van der Waals surface area (Å²) in [7, 11) is 0. The molecule has 1 heterocycles. The van der Waals surface area contributed by atoms with Gasteiger partial charge in [-0.15, -0.1) is 0 Å². The van der Waals surface area contributed by atoms with Crippen molar-refractivity contribution in [1.82, 2.24) is 4.90 Å². The third kappa shape index (κ3) is 5.79. The maximum atomic E-state index is 13.3. The van der Waals surface area contributed by atoms with E-state index in [4.69, 9.17) is 15.9 Å². The highest BCUT2D eigenvalue weighted by molar-refractivity contribution is 6.07. The number of carboxylic acid groups (broad SMARTS) is 1. The number of carboxylic acids is 1. The van der Waals surface area contributed by atoms with Crippen molar-refractivity contribution in [3.8, 4) is 5.75 Å². The normalized spacial score (nSPS) is 12.8. The Labute approximate surface area is 215 Å². The number of Topliss-reactive ketones (excluding diaryl/α,β-unsaturated/α-hetero) is 1. The van der Waals surface area contributed by atoms with Gasteiger partial charge in [0.1, 0.15) is 18.1 Å². The van der Waals surface area contributed by atoms with Crippen molar-refractivity contribution in [2.75, 3.05) is 24.6 Å². The van der Waals surface area contributed by atoms with Crippen molar-refractivity contribution >= 4 is 35.1 Å². The van der Waals surface area contributed by atoms with Gasteiger partial charge < -0.3 is 25.4 Å². The largest absolute Gasteiger partial charge is 0.493 e. The number of aliphatic carboxylic acids is 1. The summed E-state index contributed by atoms with van der Waals surface area (Å²) < 4.78 is 5.54. The van der Waals surface area contributed by atoms with E-state index in [0.29, 0.717) is 41.3 Å². The van der Waals surface area contributed by atoms with E-state index in [-0.39, 0.29) is 23.7 Å². The van der Waals surface area contributed by atoms with Gasteiger partial charge in [0.05, 0.1) is 18.7 Å². The summed E-state index contributed by atoms with van der Waals surface area (Å²) in [5.41, 5.74) is 7.91. The topological polar surface area (TPSA) is 154 Å². The molecule has 10 heteroatoms. The minimum absolute atomic E-state index is 0.0855. The molecule has 2 amide bonds. The molecule has 4 N–H and O–H groups in total. The van der Waals surface area contributed by atoms with Crippen molar-refractivity contribution in [3.05, 3.63) is 58.1 Å². The van der Waals surface area contributed by atoms with E-state index in [1.807, 2.05) is 20.8 Å². The Balaban J connectivity index is 1.91. The second kappa shape index (κ2) is 10.4. The van der Waals surface area contributed by atoms with Crippen molar-refractivity contribution < 1.29 is 29.0 Å². The predicted octanol–water partition coefficient (Wildman–Crippen LogP) is 2.94. The lowest BCUT2D eigenvalue weighted by Crippen LogP contribution is -2.36. The molecule has 196 valence electrons. The van der Waals surface area contributed by atoms with Crippen LogP contribution in [0.5, 0.6) is 5.75 Å². The molecule has 1 aliphatic rings. The van der Waals surface area contributed by atoms with E-state index in [9.17, 15) is 24.3 Å². The number of nitrogens with two attached hydrogens (primary N) is 1. The monoisotopic (exact) mass is 508 g/mol. The summed E-state index contributed by atoms with van der Waals surface area (Å²) in [6.07, 6.45) is 0. The standard InChI is InChI=1S/C27H32N4O6/c1-6-37-23-10-17-12-30(25(28)18(17)11-19(23)26(29)36)13-22(33)16-7-8-21(20(9-16)27(3,4)5)31(15(2)32)14-24(34)35/h7-11,28H,6,12-14H2,1-5H3,(H2,29,36)(H,34,35). The number of nitrogens with zero attached hydrogens (tertiary/aromatic N) is 2. The molecule has 0 atom stereocenters. The fraction of sp³-hybridized carbons (Fsp3) is 0.370. The number of amidine groups is 1. The second-order valence-corrected chi connectivity index (χ2v) is 9.91. The van der Waals surface area contributed by atoms with Crippen molar-refractivity contribution in [2.45, 2.75) is 46.6 Å². The zero-order valence-electron chi connectivity index (χ0n) is 21.7. The van der Waals surface area contributed by atoms with Gasteiger partial charge in [0.15, 0.2) is 5.78 Å². The molecule has 37 heavy (non-hydrogen) atoms. The molecule has 2 aromatic rings. The fourth-order valence-corrected chi connectivity index (χ4v) is 4.34. The van der Waals surface area contributed by atoms with Gasteiger partial charge in [0.25, 0.3) is 5.91 Å². The maximum Gasteiger partial charge on any atom is 0.323 e. The van der Waals surface area contributed by atoms with E-state index in [1.54, 1.807) is 36.1 Å². The van der Waals surface area contributed by atoms with Crippen LogP contribution in [-0.4, -0.2) is 59.1 Å². The number of benzene rings is 2. The van der Waals surface area contributed by atoms with Crippen LogP contribution in [0.2, 0.25) is 0 Å². The number of ketones is 1. The van der Waals surface area contributed by atoms with Crippen LogP contribution < -0.4 is 15.4 Å². The number of anilines is 1. The number of carbonyl (C=O) groups is 4. The number of carbonyl (C=O) groups excluding carboxylic acids is 3. The molecule has 0 bridgehead atoms. The molecule has 0 spiro atoms. The molecular formula is C27H32N4O6. The van der Waals surface area contributed by atoms with Crippen LogP contribution in [0.3, 0.4) is 0 Å². The first-order valence-corrected chi connectivity index (χ1v) is 11.9. The molecule has 10 nitrogen and oxygen atoms in total. The van der Waals surface area contributed by atoms with E-state index >= 15 is 0 Å². The van der Waals surface area contributed by atoms with Gasteiger partial charge in [-0.05, 0) is 53.8 Å². The van der Waals surface area contributed by atoms with Gasteiger partial charge in [-0.1, -0.05) is 20.8 Å². The van der Waals surface area contributed by atoms with Crippen LogP contribution in [-0.2, 0) is 21.5 Å². The number of hydrogen-bond acceptors (Lipinski definition) is 6. The highest BCUT2D eigenvalue weighted by atomic mass is 16.5. The van der Waals surface area contributed by atoms with E-state index in [1.165, 1.54) is 17.9 Å². The number of fused-ring (bicyclic) bond motifs is 1. The molecular weight excluding hydrogens is 476 g/mol. The van der Waals surface area contributed by atoms with E-state index < -0.39 is 29.7 Å². The zero-order chi connectivity index (χ0) is 27.7. The van der Waals surface area contributed by atoms with Gasteiger partial charge >= 0.3 is 5.97 Å². The minimum atomic E-state index is -1.14. The lowest BCUT2D eigenvalue weighted by molar-refractivity contribution is -0.136. The molecule has 2 aromatic carbocycles. The average molecular weight is 509 g/mol. The molecule has 0 fully saturated rings. The summed E-state index contributed by atoms with van der Waals surface area (Å²) in [6.45, 7) is 8.89. The number of primary amides is 1. The smallest absolute Gasteiger partial charge is 0.323 e. The third-order valence-corrected chi connectivity index (χ3v) is 6.13. The number of rotatable bonds is 9. The Bertz CT molecular complexity index is 1290. The Kier molecular flexibility index (Phi) is 7.71. The number of amides is 2. The SMILES string of the molecule is CCOc1cc2c(cc1C(N)=O)C(=N)N(CC(=O)c1ccc(N(CC(=O)O)C(C)=O)c(C(C)(C)C)c1)C2. The molecule has 0 unspecified atom stereocenters. The van der Waals surface area contributed by atoms with Crippen LogP contribution in [0.25, 0.3) is 0 Å². The van der Waals surface area contributed by atoms with Gasteiger partial charge in [0.2, 0.25) is 5.91 Å². The van der Waals surface area contributed by atoms with Crippen LogP contribution in [0, 0.1) is 5.41 Å². The molecule has 3 rings (SSSR count). The Morgan fingerprint density at radius 2 is 1.84 bits per heavy atom. The fourth-order valence-electron chi connectivity index (χ4n) is 4.34. The first kappa shape index (κ1) is 27.4. The van der Waals surface area contributed by atoms with Gasteiger partial charge in [-0.3, -0.25) is 24.6 Å². The molecule has 0 radical (unpaired) electrons. The third-order valence-electron chi connectivity index (χ3n) is 6.13. The maximum absolute atomic E-state index is 13.3. The van der Waals surface area contributed by atoms with Gasteiger partial charge in [-0.25, -0.2) is 0 Å². The number of nitrogens with one attached hydrogen (secondary N) is 1. The summed E-state index contributed by atoms with van der Waals surface area (Å²) in [5, 5.41) is 17.9. The zero-order valence-corrected chi connectivity index (χ0v) is 21.7. The second-order valence-electron chi connectivity index (χ2n) is 9.91. The van der Waals surface area contributed by atoms with Gasteiger partial charge in [0, 0.05) is 30.3 Å². The van der Waals surface area contributed by atoms with Crippen molar-refractivity contribution in [3.63, 3.8) is 0 Å². The van der Waals surface area contributed by atoms with Gasteiger partial charge in [-0.2, -0.15) is 0 Å². The van der Waals surface area contributed by atoms with Crippen LogP contribution >= 0.6 is 0 Å². The highest BCUT2D eigenvalue weighted by Crippen LogP contribution is 2.34. The summed E-state index contributed by atoms with van der Waals surface area (Å²) in [6, 6.07) is 8.05. The first-order chi connectivity index (χ1) is 17.2. The Morgan fingerprint density at radius 3 is 2.38 bits per heavy atom. The van der Waals surface area contributed by atoms with Crippen LogP contribution in [0.1, 0.15) is 72.0 Å². The molecule has 1 aliphatic heterocycles. The molecule has 0 aromatic heterocycles. The summed E-state index contributed by atoms with van der Waals surface area (Å²) in [5.74, 6) is -2.03. The minimum Gasteiger partial charge on any atom is -0.493 e. The number of ether oxygens (including phenoxy) is 1. The van der Waals surface area contributed by atoms with Crippen molar-refractivity contribution in [1.29, 1.82) is 5.41 Å². The first-order valence-electron chi connectivity index (χ1n) is 11.9. The van der Waals surface area contributed by atoms with Crippen molar-refractivity contribution in [2.24, 2.45) is 5.73 Å². The summed E-state index contributed by atoms with van der Waals surface area (Å²) in [4.78, 5) is 51.5. The molecule has 0 saturated carbocycles. The Morgan fingerprint density at radius 1 is 1.16 bits per heavy atom. The van der Waals surface area contributed by atoms with Crippen LogP contribution in [0.15, 0.2) is 30.3 Å². The summed E-state index contributed by atoms with van der Waals surface area (Å²) >= 11 is 0. The van der Waals surface area contributed by atoms with E-state index in [2.05, 4.69) is 0 Å². The quantitative estimate of drug-likeness (QED) is 0.440. The lowest BCUT2D eigenvalue weighted by atomic mass is 9.84. The molecule has 0 aliphatic carbocycles. The molecule has 0 saturated heterocycles. The van der Waals surface area contributed by atoms with E-state index in [0.717, 1.165) is 5.56 Å². The van der Waals surface area contributed by atoms with Crippen LogP contribution in [0.4, 0.5) is 5.69 Å². The number of hydrogen-bond donors (Lipinski definition) is 3. The highest BCUT2D eigenvalue weighted by Gasteiger charge is 2.30. The predicted molar refractivity (Wildman–Crippen MR) is 139 cm³/mol. The Hall–Kier alpha value is -4.21. The lowest BCUT2D eigenvalue weighted by Gasteiger charge is -2.29.